The zero-order valence-electron chi connectivity index (χ0n) is 13.5. The normalized spacial score (nSPS) is 16.0. The third-order valence-electron chi connectivity index (χ3n) is 4.58. The van der Waals surface area contributed by atoms with Crippen molar-refractivity contribution < 1.29 is 13.2 Å². The van der Waals surface area contributed by atoms with Gasteiger partial charge < -0.3 is 4.90 Å². The van der Waals surface area contributed by atoms with Gasteiger partial charge in [-0.3, -0.25) is 9.52 Å². The standard InChI is InChI=1S/C18H17ClN2O3S/c19-16-6-2-1-4-13(16)11-25(23,24)20-15-8-12-5-3-7-21-17(22)10-14(9-15)18(12)21/h1-2,4,6,8-9,20H,3,5,7,10-11H2. The summed E-state index contributed by atoms with van der Waals surface area (Å²) < 4.78 is 27.7. The Morgan fingerprint density at radius 3 is 2.72 bits per heavy atom. The molecule has 2 aliphatic rings. The molecule has 2 aliphatic heterocycles. The van der Waals surface area contributed by atoms with Gasteiger partial charge in [0.1, 0.15) is 0 Å². The highest BCUT2D eigenvalue weighted by Crippen LogP contribution is 2.39. The Bertz CT molecular complexity index is 972. The second kappa shape index (κ2) is 6.04. The predicted molar refractivity (Wildman–Crippen MR) is 98.5 cm³/mol. The molecule has 0 fully saturated rings. The monoisotopic (exact) mass is 376 g/mol. The fourth-order valence-electron chi connectivity index (χ4n) is 3.57. The number of sulfonamides is 1. The van der Waals surface area contributed by atoms with E-state index in [-0.39, 0.29) is 11.7 Å². The van der Waals surface area contributed by atoms with Crippen molar-refractivity contribution >= 4 is 38.9 Å². The highest BCUT2D eigenvalue weighted by molar-refractivity contribution is 7.91. The molecule has 2 aromatic rings. The molecule has 0 aliphatic carbocycles. The van der Waals surface area contributed by atoms with Crippen molar-refractivity contribution in [3.63, 3.8) is 0 Å². The summed E-state index contributed by atoms with van der Waals surface area (Å²) in [6.45, 7) is 0.746. The summed E-state index contributed by atoms with van der Waals surface area (Å²) in [6.07, 6.45) is 2.09. The van der Waals surface area contributed by atoms with Crippen molar-refractivity contribution in [3.8, 4) is 0 Å². The van der Waals surface area contributed by atoms with Gasteiger partial charge in [-0.1, -0.05) is 29.8 Å². The van der Waals surface area contributed by atoms with Crippen LogP contribution in [0.15, 0.2) is 36.4 Å². The van der Waals surface area contributed by atoms with Gasteiger partial charge in [0, 0.05) is 17.3 Å². The Kier molecular flexibility index (Phi) is 3.96. The minimum atomic E-state index is -3.59. The minimum absolute atomic E-state index is 0.0898. The number of anilines is 2. The highest BCUT2D eigenvalue weighted by Gasteiger charge is 2.32. The fourth-order valence-corrected chi connectivity index (χ4v) is 5.07. The van der Waals surface area contributed by atoms with Crippen molar-refractivity contribution in [1.82, 2.24) is 0 Å². The van der Waals surface area contributed by atoms with E-state index < -0.39 is 10.0 Å². The molecule has 0 saturated carbocycles. The lowest BCUT2D eigenvalue weighted by Crippen LogP contribution is -2.31. The lowest BCUT2D eigenvalue weighted by molar-refractivity contribution is -0.117. The van der Waals surface area contributed by atoms with Crippen LogP contribution in [0.4, 0.5) is 11.4 Å². The van der Waals surface area contributed by atoms with E-state index in [1.807, 2.05) is 11.0 Å². The Labute approximate surface area is 151 Å². The maximum absolute atomic E-state index is 12.5. The summed E-state index contributed by atoms with van der Waals surface area (Å²) in [6, 6.07) is 10.5. The predicted octanol–water partition coefficient (Wildman–Crippen LogP) is 3.12. The van der Waals surface area contributed by atoms with E-state index in [0.717, 1.165) is 36.2 Å². The molecule has 5 nitrogen and oxygen atoms in total. The molecule has 1 N–H and O–H groups in total. The Morgan fingerprint density at radius 1 is 1.16 bits per heavy atom. The third-order valence-corrected chi connectivity index (χ3v) is 6.19. The smallest absolute Gasteiger partial charge is 0.236 e. The van der Waals surface area contributed by atoms with Crippen molar-refractivity contribution in [2.45, 2.75) is 25.0 Å². The summed E-state index contributed by atoms with van der Waals surface area (Å²) in [5, 5.41) is 0.429. The molecule has 0 saturated heterocycles. The minimum Gasteiger partial charge on any atom is -0.312 e. The number of nitrogens with one attached hydrogen (secondary N) is 1. The number of carbonyl (C=O) groups excluding carboxylic acids is 1. The Hall–Kier alpha value is -2.05. The molecule has 0 radical (unpaired) electrons. The van der Waals surface area contributed by atoms with E-state index in [1.54, 1.807) is 30.3 Å². The van der Waals surface area contributed by atoms with Crippen LogP contribution in [0.2, 0.25) is 5.02 Å². The molecule has 1 amide bonds. The fraction of sp³-hybridized carbons (Fsp3) is 0.278. The molecular weight excluding hydrogens is 360 g/mol. The highest BCUT2D eigenvalue weighted by atomic mass is 35.5. The Morgan fingerprint density at radius 2 is 1.92 bits per heavy atom. The molecule has 130 valence electrons. The zero-order valence-corrected chi connectivity index (χ0v) is 15.0. The van der Waals surface area contributed by atoms with E-state index in [9.17, 15) is 13.2 Å². The van der Waals surface area contributed by atoms with E-state index in [0.29, 0.717) is 22.7 Å². The van der Waals surface area contributed by atoms with Crippen LogP contribution in [0.25, 0.3) is 0 Å². The molecule has 7 heteroatoms. The number of amides is 1. The first-order valence-electron chi connectivity index (χ1n) is 8.13. The van der Waals surface area contributed by atoms with Gasteiger partial charge in [-0.15, -0.1) is 0 Å². The van der Waals surface area contributed by atoms with E-state index in [2.05, 4.69) is 4.72 Å². The summed E-state index contributed by atoms with van der Waals surface area (Å²) in [5.41, 5.74) is 3.98. The number of nitrogens with zero attached hydrogens (tertiary/aromatic N) is 1. The van der Waals surface area contributed by atoms with Crippen LogP contribution in [0.5, 0.6) is 0 Å². The first-order chi connectivity index (χ1) is 11.9. The van der Waals surface area contributed by atoms with Gasteiger partial charge in [0.25, 0.3) is 0 Å². The summed E-state index contributed by atoms with van der Waals surface area (Å²) in [4.78, 5) is 13.9. The summed E-state index contributed by atoms with van der Waals surface area (Å²) in [5.74, 6) is -0.100. The number of hydrogen-bond donors (Lipinski definition) is 1. The van der Waals surface area contributed by atoms with Gasteiger partial charge in [-0.2, -0.15) is 0 Å². The molecule has 2 heterocycles. The Balaban J connectivity index is 1.62. The zero-order chi connectivity index (χ0) is 17.6. The number of carbonyl (C=O) groups is 1. The number of aryl methyl sites for hydroxylation is 1. The molecule has 25 heavy (non-hydrogen) atoms. The van der Waals surface area contributed by atoms with Gasteiger partial charge in [0.05, 0.1) is 17.9 Å². The van der Waals surface area contributed by atoms with Crippen LogP contribution in [-0.2, 0) is 33.4 Å². The number of halogens is 1. The lowest BCUT2D eigenvalue weighted by atomic mass is 9.99. The van der Waals surface area contributed by atoms with Crippen molar-refractivity contribution in [2.24, 2.45) is 0 Å². The summed E-state index contributed by atoms with van der Waals surface area (Å²) >= 11 is 6.06. The van der Waals surface area contributed by atoms with Crippen molar-refractivity contribution in [2.75, 3.05) is 16.2 Å². The van der Waals surface area contributed by atoms with Crippen molar-refractivity contribution in [1.29, 1.82) is 0 Å². The molecule has 0 spiro atoms. The maximum Gasteiger partial charge on any atom is 0.236 e. The van der Waals surface area contributed by atoms with Gasteiger partial charge in [0.15, 0.2) is 0 Å². The van der Waals surface area contributed by atoms with E-state index in [4.69, 9.17) is 11.6 Å². The third kappa shape index (κ3) is 3.12. The first-order valence-corrected chi connectivity index (χ1v) is 10.2. The van der Waals surface area contributed by atoms with Crippen LogP contribution in [0, 0.1) is 0 Å². The van der Waals surface area contributed by atoms with Gasteiger partial charge in [-0.25, -0.2) is 8.42 Å². The van der Waals surface area contributed by atoms with E-state index in [1.165, 1.54) is 0 Å². The summed E-state index contributed by atoms with van der Waals surface area (Å²) in [7, 11) is -3.59. The van der Waals surface area contributed by atoms with Crippen LogP contribution in [0.3, 0.4) is 0 Å². The van der Waals surface area contributed by atoms with Crippen LogP contribution >= 0.6 is 11.6 Å². The van der Waals surface area contributed by atoms with E-state index >= 15 is 0 Å². The average molecular weight is 377 g/mol. The van der Waals surface area contributed by atoms with Crippen molar-refractivity contribution in [3.05, 3.63) is 58.1 Å². The van der Waals surface area contributed by atoms with Gasteiger partial charge >= 0.3 is 0 Å². The average Bonchev–Trinajstić information content (AvgIpc) is 2.87. The molecule has 0 aromatic heterocycles. The largest absolute Gasteiger partial charge is 0.312 e. The van der Waals surface area contributed by atoms with Crippen LogP contribution < -0.4 is 9.62 Å². The molecule has 0 unspecified atom stereocenters. The van der Waals surface area contributed by atoms with Crippen LogP contribution in [-0.4, -0.2) is 20.9 Å². The quantitative estimate of drug-likeness (QED) is 0.891. The molecule has 2 aromatic carbocycles. The van der Waals surface area contributed by atoms with Gasteiger partial charge in [-0.05, 0) is 47.7 Å². The molecule has 0 bridgehead atoms. The number of rotatable bonds is 4. The lowest BCUT2D eigenvalue weighted by Gasteiger charge is -2.26. The molecule has 4 rings (SSSR count). The SMILES string of the molecule is O=C1Cc2cc(NS(=O)(=O)Cc3ccccc3Cl)cc3c2N1CCC3. The van der Waals surface area contributed by atoms with Crippen LogP contribution in [0.1, 0.15) is 23.1 Å². The number of benzene rings is 2. The first kappa shape index (κ1) is 16.4. The second-order valence-electron chi connectivity index (χ2n) is 6.42. The number of hydrogen-bond acceptors (Lipinski definition) is 3. The van der Waals surface area contributed by atoms with Gasteiger partial charge in [0.2, 0.25) is 15.9 Å². The second-order valence-corrected chi connectivity index (χ2v) is 8.55. The maximum atomic E-state index is 12.5. The molecule has 0 atom stereocenters. The molecular formula is C18H17ClN2O3S. The topological polar surface area (TPSA) is 66.5 Å².